The third-order valence-electron chi connectivity index (χ3n) is 2.65. The van der Waals surface area contributed by atoms with Crippen LogP contribution in [-0.4, -0.2) is 51.7 Å². The first kappa shape index (κ1) is 12.1. The largest absolute Gasteiger partial charge is 0.353 e. The third-order valence-corrected chi connectivity index (χ3v) is 3.59. The van der Waals surface area contributed by atoms with Gasteiger partial charge in [0.1, 0.15) is 0 Å². The first-order chi connectivity index (χ1) is 8.16. The summed E-state index contributed by atoms with van der Waals surface area (Å²) in [5.74, 6) is 1.99. The van der Waals surface area contributed by atoms with E-state index in [0.717, 1.165) is 24.6 Å². The van der Waals surface area contributed by atoms with Gasteiger partial charge in [0.05, 0.1) is 23.4 Å². The predicted molar refractivity (Wildman–Crippen MR) is 65.5 cm³/mol. The number of nitrogens with zero attached hydrogens (tertiary/aromatic N) is 2. The second-order valence-corrected chi connectivity index (χ2v) is 5.07. The molecule has 0 radical (unpaired) electrons. The van der Waals surface area contributed by atoms with Crippen LogP contribution in [0.25, 0.3) is 0 Å². The van der Waals surface area contributed by atoms with Gasteiger partial charge in [-0.2, -0.15) is 11.8 Å². The quantitative estimate of drug-likeness (QED) is 0.496. The highest BCUT2D eigenvalue weighted by Gasteiger charge is 2.18. The zero-order valence-corrected chi connectivity index (χ0v) is 10.0. The van der Waals surface area contributed by atoms with Crippen molar-refractivity contribution in [1.29, 1.82) is 0 Å². The third kappa shape index (κ3) is 3.07. The molecule has 92 valence electrons. The molecule has 1 saturated heterocycles. The number of H-pyrrole nitrogens is 1. The molecular weight excluding hydrogens is 242 g/mol. The van der Waals surface area contributed by atoms with Gasteiger partial charge in [0.25, 0.3) is 5.69 Å². The number of carbonyl (C=O) groups excluding carboxylic acids is 1. The lowest BCUT2D eigenvalue weighted by molar-refractivity contribution is -0.384. The Kier molecular flexibility index (Phi) is 3.80. The Morgan fingerprint density at radius 2 is 2.24 bits per heavy atom. The lowest BCUT2D eigenvalue weighted by atomic mass is 10.2. The van der Waals surface area contributed by atoms with Gasteiger partial charge in [-0.15, -0.1) is 0 Å². The maximum absolute atomic E-state index is 11.8. The molecule has 2 rings (SSSR count). The lowest BCUT2D eigenvalue weighted by Gasteiger charge is -2.24. The molecule has 1 aliphatic rings. The summed E-state index contributed by atoms with van der Waals surface area (Å²) in [5, 5.41) is 10.5. The van der Waals surface area contributed by atoms with Gasteiger partial charge in [-0.05, 0) is 0 Å². The van der Waals surface area contributed by atoms with Gasteiger partial charge in [0.15, 0.2) is 5.78 Å². The van der Waals surface area contributed by atoms with Crippen LogP contribution < -0.4 is 0 Å². The van der Waals surface area contributed by atoms with E-state index < -0.39 is 4.92 Å². The normalized spacial score (nSPS) is 16.9. The minimum atomic E-state index is -0.509. The van der Waals surface area contributed by atoms with E-state index in [9.17, 15) is 14.9 Å². The van der Waals surface area contributed by atoms with Crippen LogP contribution in [0.15, 0.2) is 12.3 Å². The molecule has 7 heteroatoms. The van der Waals surface area contributed by atoms with Crippen molar-refractivity contribution in [1.82, 2.24) is 9.88 Å². The summed E-state index contributed by atoms with van der Waals surface area (Å²) in [4.78, 5) is 26.6. The average molecular weight is 255 g/mol. The van der Waals surface area contributed by atoms with E-state index in [1.807, 2.05) is 11.8 Å². The Morgan fingerprint density at radius 3 is 2.82 bits per heavy atom. The fourth-order valence-electron chi connectivity index (χ4n) is 1.70. The number of aromatic nitrogens is 1. The predicted octanol–water partition coefficient (Wildman–Crippen LogP) is 1.15. The van der Waals surface area contributed by atoms with Gasteiger partial charge in [-0.3, -0.25) is 19.8 Å². The lowest BCUT2D eigenvalue weighted by Crippen LogP contribution is -2.36. The molecule has 1 fully saturated rings. The Labute approximate surface area is 103 Å². The fourth-order valence-corrected chi connectivity index (χ4v) is 2.68. The van der Waals surface area contributed by atoms with Gasteiger partial charge < -0.3 is 4.98 Å². The van der Waals surface area contributed by atoms with Crippen molar-refractivity contribution in [3.05, 3.63) is 28.1 Å². The van der Waals surface area contributed by atoms with Crippen LogP contribution in [0.2, 0.25) is 0 Å². The van der Waals surface area contributed by atoms with Gasteiger partial charge >= 0.3 is 0 Å². The smallest absolute Gasteiger partial charge is 0.287 e. The monoisotopic (exact) mass is 255 g/mol. The highest BCUT2D eigenvalue weighted by molar-refractivity contribution is 7.99. The Balaban J connectivity index is 1.96. The zero-order valence-electron chi connectivity index (χ0n) is 9.22. The number of hydrogen-bond acceptors (Lipinski definition) is 5. The van der Waals surface area contributed by atoms with Crippen molar-refractivity contribution in [3.63, 3.8) is 0 Å². The topological polar surface area (TPSA) is 79.2 Å². The SMILES string of the molecule is O=C(CN1CCSCC1)c1cc([N+](=O)[O-])c[nH]1. The maximum atomic E-state index is 11.8. The number of carbonyl (C=O) groups is 1. The van der Waals surface area contributed by atoms with E-state index in [1.54, 1.807) is 0 Å². The van der Waals surface area contributed by atoms with Crippen LogP contribution in [0.5, 0.6) is 0 Å². The molecule has 17 heavy (non-hydrogen) atoms. The standard InChI is InChI=1S/C10H13N3O3S/c14-10(7-12-1-3-17-4-2-12)9-5-8(6-11-9)13(15)16/h5-6,11H,1-4,7H2. The molecule has 6 nitrogen and oxygen atoms in total. The highest BCUT2D eigenvalue weighted by atomic mass is 32.2. The molecule has 0 atom stereocenters. The van der Waals surface area contributed by atoms with Crippen molar-refractivity contribution in [2.45, 2.75) is 0 Å². The molecule has 0 aromatic carbocycles. The van der Waals surface area contributed by atoms with Gasteiger partial charge in [-0.25, -0.2) is 0 Å². The molecule has 1 N–H and O–H groups in total. The maximum Gasteiger partial charge on any atom is 0.287 e. The number of nitrogens with one attached hydrogen (secondary N) is 1. The summed E-state index contributed by atoms with van der Waals surface area (Å²) in [6, 6.07) is 1.29. The molecule has 0 spiro atoms. The molecule has 1 aliphatic heterocycles. The van der Waals surface area contributed by atoms with E-state index >= 15 is 0 Å². The van der Waals surface area contributed by atoms with E-state index in [0.29, 0.717) is 12.2 Å². The number of hydrogen-bond donors (Lipinski definition) is 1. The van der Waals surface area contributed by atoms with E-state index in [-0.39, 0.29) is 11.5 Å². The summed E-state index contributed by atoms with van der Waals surface area (Å²) in [6.45, 7) is 2.14. The van der Waals surface area contributed by atoms with Crippen LogP contribution in [0, 0.1) is 10.1 Å². The van der Waals surface area contributed by atoms with Crippen LogP contribution >= 0.6 is 11.8 Å². The summed E-state index contributed by atoms with van der Waals surface area (Å²) in [5.41, 5.74) is 0.248. The van der Waals surface area contributed by atoms with E-state index in [1.165, 1.54) is 12.3 Å². The number of ketones is 1. The molecule has 0 bridgehead atoms. The number of nitro groups is 1. The average Bonchev–Trinajstić information content (AvgIpc) is 2.79. The first-order valence-electron chi connectivity index (χ1n) is 5.33. The number of Topliss-reactive ketones (excluding diaryl/α,β-unsaturated/α-hetero) is 1. The highest BCUT2D eigenvalue weighted by Crippen LogP contribution is 2.14. The minimum absolute atomic E-state index is 0.0671. The zero-order chi connectivity index (χ0) is 12.3. The van der Waals surface area contributed by atoms with E-state index in [4.69, 9.17) is 0 Å². The Bertz CT molecular complexity index is 426. The number of rotatable bonds is 4. The number of aromatic amines is 1. The van der Waals surface area contributed by atoms with E-state index in [2.05, 4.69) is 9.88 Å². The second kappa shape index (κ2) is 5.33. The van der Waals surface area contributed by atoms with Crippen molar-refractivity contribution >= 4 is 23.2 Å². The van der Waals surface area contributed by atoms with Crippen LogP contribution in [-0.2, 0) is 0 Å². The Morgan fingerprint density at radius 1 is 1.53 bits per heavy atom. The Hall–Kier alpha value is -1.34. The first-order valence-corrected chi connectivity index (χ1v) is 6.48. The van der Waals surface area contributed by atoms with Crippen LogP contribution in [0.3, 0.4) is 0 Å². The summed E-state index contributed by atoms with van der Waals surface area (Å²) >= 11 is 1.88. The molecule has 2 heterocycles. The molecule has 1 aromatic heterocycles. The van der Waals surface area contributed by atoms with Crippen molar-refractivity contribution in [2.24, 2.45) is 0 Å². The van der Waals surface area contributed by atoms with Gasteiger partial charge in [0.2, 0.25) is 0 Å². The van der Waals surface area contributed by atoms with Crippen LogP contribution in [0.1, 0.15) is 10.5 Å². The molecule has 0 saturated carbocycles. The second-order valence-electron chi connectivity index (χ2n) is 3.84. The molecule has 1 aromatic rings. The minimum Gasteiger partial charge on any atom is -0.353 e. The molecule has 0 aliphatic carbocycles. The van der Waals surface area contributed by atoms with Gasteiger partial charge in [-0.1, -0.05) is 0 Å². The van der Waals surface area contributed by atoms with Crippen molar-refractivity contribution < 1.29 is 9.72 Å². The molecule has 0 unspecified atom stereocenters. The van der Waals surface area contributed by atoms with Crippen LogP contribution in [0.4, 0.5) is 5.69 Å². The van der Waals surface area contributed by atoms with Gasteiger partial charge in [0, 0.05) is 30.7 Å². The summed E-state index contributed by atoms with van der Waals surface area (Å²) in [6.07, 6.45) is 1.25. The van der Waals surface area contributed by atoms with Crippen molar-refractivity contribution in [2.75, 3.05) is 31.1 Å². The van der Waals surface area contributed by atoms with Crippen molar-refractivity contribution in [3.8, 4) is 0 Å². The molecular formula is C10H13N3O3S. The molecule has 0 amide bonds. The number of thioether (sulfide) groups is 1. The summed E-state index contributed by atoms with van der Waals surface area (Å²) in [7, 11) is 0. The summed E-state index contributed by atoms with van der Waals surface area (Å²) < 4.78 is 0. The fraction of sp³-hybridized carbons (Fsp3) is 0.500.